The number of benzene rings is 1. The smallest absolute Gasteiger partial charge is 0.272 e. The van der Waals surface area contributed by atoms with Crippen molar-refractivity contribution < 1.29 is 13.2 Å². The number of halogens is 1. The number of ether oxygens (including phenoxy) is 1. The lowest BCUT2D eigenvalue weighted by Crippen LogP contribution is -2.19. The zero-order chi connectivity index (χ0) is 16.3. The quantitative estimate of drug-likeness (QED) is 0.741. The maximum absolute atomic E-state index is 11.4. The maximum atomic E-state index is 11.4. The monoisotopic (exact) mass is 360 g/mol. The molecule has 0 radical (unpaired) electrons. The maximum Gasteiger partial charge on any atom is 0.272 e. The van der Waals surface area contributed by atoms with Gasteiger partial charge in [-0.1, -0.05) is 0 Å². The van der Waals surface area contributed by atoms with E-state index in [1.165, 1.54) is 0 Å². The van der Waals surface area contributed by atoms with Gasteiger partial charge < -0.3 is 9.64 Å². The Kier molecular flexibility index (Phi) is 5.44. The average molecular weight is 361 g/mol. The predicted molar refractivity (Wildman–Crippen MR) is 89.4 cm³/mol. The first-order chi connectivity index (χ1) is 10.3. The summed E-state index contributed by atoms with van der Waals surface area (Å²) in [6.07, 6.45) is 0. The molecular weight excluding hydrogens is 344 g/mol. The van der Waals surface area contributed by atoms with Crippen LogP contribution in [-0.4, -0.2) is 45.5 Å². The number of thiazole rings is 1. The number of hydrogen-bond acceptors (Lipinski definition) is 6. The molecule has 8 heteroatoms. The van der Waals surface area contributed by atoms with Gasteiger partial charge in [0.1, 0.15) is 17.4 Å². The summed E-state index contributed by atoms with van der Waals surface area (Å²) >= 11 is 1.07. The summed E-state index contributed by atoms with van der Waals surface area (Å²) in [5.41, 5.74) is 1.25. The number of likely N-dealkylation sites (N-methyl/N-ethyl adjacent to an activating group) is 1. The van der Waals surface area contributed by atoms with Crippen LogP contribution in [0.4, 0.5) is 0 Å². The van der Waals surface area contributed by atoms with Gasteiger partial charge in [0.25, 0.3) is 9.05 Å². The Balaban J connectivity index is 2.14. The van der Waals surface area contributed by atoms with Crippen molar-refractivity contribution in [1.82, 2.24) is 9.88 Å². The third-order valence-electron chi connectivity index (χ3n) is 2.88. The SMILES string of the molecule is Cc1nc(-c2ccc(OCCN(C)C)cc2)sc1S(=O)(=O)Cl. The van der Waals surface area contributed by atoms with Gasteiger partial charge in [-0.3, -0.25) is 0 Å². The van der Waals surface area contributed by atoms with E-state index in [1.54, 1.807) is 6.92 Å². The highest BCUT2D eigenvalue weighted by Gasteiger charge is 2.19. The van der Waals surface area contributed by atoms with Crippen LogP contribution in [0.25, 0.3) is 10.6 Å². The molecule has 0 saturated heterocycles. The van der Waals surface area contributed by atoms with Gasteiger partial charge in [0.05, 0.1) is 5.69 Å². The van der Waals surface area contributed by atoms with Crippen LogP contribution in [0.2, 0.25) is 0 Å². The van der Waals surface area contributed by atoms with E-state index in [4.69, 9.17) is 15.4 Å². The van der Waals surface area contributed by atoms with Crippen molar-refractivity contribution in [2.75, 3.05) is 27.2 Å². The van der Waals surface area contributed by atoms with E-state index in [0.29, 0.717) is 17.3 Å². The van der Waals surface area contributed by atoms with Crippen LogP contribution in [0.5, 0.6) is 5.75 Å². The Labute approximate surface area is 138 Å². The van der Waals surface area contributed by atoms with Crippen LogP contribution in [-0.2, 0) is 9.05 Å². The van der Waals surface area contributed by atoms with Crippen LogP contribution < -0.4 is 4.74 Å². The topological polar surface area (TPSA) is 59.5 Å². The minimum absolute atomic E-state index is 0.0930. The van der Waals surface area contributed by atoms with E-state index in [1.807, 2.05) is 43.3 Å². The summed E-state index contributed by atoms with van der Waals surface area (Å²) in [4.78, 5) is 6.31. The molecule has 1 aromatic heterocycles. The van der Waals surface area contributed by atoms with Crippen molar-refractivity contribution in [2.24, 2.45) is 0 Å². The van der Waals surface area contributed by atoms with Crippen LogP contribution in [0.1, 0.15) is 5.69 Å². The summed E-state index contributed by atoms with van der Waals surface area (Å²) in [5, 5.41) is 0.622. The van der Waals surface area contributed by atoms with E-state index < -0.39 is 9.05 Å². The standard InChI is InChI=1S/C14H17ClN2O3S2/c1-10-14(22(15,18)19)21-13(16-10)11-4-6-12(7-5-11)20-9-8-17(2)3/h4-7H,8-9H2,1-3H3. The highest BCUT2D eigenvalue weighted by Crippen LogP contribution is 2.33. The first-order valence-electron chi connectivity index (χ1n) is 6.57. The minimum atomic E-state index is -3.75. The Morgan fingerprint density at radius 3 is 2.41 bits per heavy atom. The largest absolute Gasteiger partial charge is 0.492 e. The van der Waals surface area contributed by atoms with Gasteiger partial charge in [-0.25, -0.2) is 13.4 Å². The molecule has 0 bridgehead atoms. The number of rotatable bonds is 6. The van der Waals surface area contributed by atoms with Crippen LogP contribution in [0, 0.1) is 6.92 Å². The Morgan fingerprint density at radius 1 is 1.27 bits per heavy atom. The molecular formula is C14H17ClN2O3S2. The molecule has 22 heavy (non-hydrogen) atoms. The van der Waals surface area contributed by atoms with Crippen molar-refractivity contribution in [3.8, 4) is 16.3 Å². The van der Waals surface area contributed by atoms with Gasteiger partial charge in [0.2, 0.25) is 0 Å². The first-order valence-corrected chi connectivity index (χ1v) is 9.70. The van der Waals surface area contributed by atoms with Gasteiger partial charge in [0, 0.05) is 22.8 Å². The lowest BCUT2D eigenvalue weighted by atomic mass is 10.2. The van der Waals surface area contributed by atoms with Gasteiger partial charge in [-0.15, -0.1) is 11.3 Å². The molecule has 0 saturated carbocycles. The number of hydrogen-bond donors (Lipinski definition) is 0. The van der Waals surface area contributed by atoms with Crippen LogP contribution >= 0.6 is 22.0 Å². The second-order valence-electron chi connectivity index (χ2n) is 5.01. The van der Waals surface area contributed by atoms with Gasteiger partial charge in [-0.05, 0) is 45.3 Å². The van der Waals surface area contributed by atoms with Crippen LogP contribution in [0.3, 0.4) is 0 Å². The highest BCUT2D eigenvalue weighted by molar-refractivity contribution is 8.15. The van der Waals surface area contributed by atoms with Crippen molar-refractivity contribution in [3.63, 3.8) is 0 Å². The summed E-state index contributed by atoms with van der Waals surface area (Å²) in [6.45, 7) is 3.08. The third-order valence-corrected chi connectivity index (χ3v) is 6.27. The summed E-state index contributed by atoms with van der Waals surface area (Å²) < 4.78 is 28.6. The highest BCUT2D eigenvalue weighted by atomic mass is 35.7. The third kappa shape index (κ3) is 4.42. The van der Waals surface area contributed by atoms with Gasteiger partial charge >= 0.3 is 0 Å². The lowest BCUT2D eigenvalue weighted by Gasteiger charge is -2.11. The molecule has 0 aliphatic carbocycles. The molecule has 0 spiro atoms. The summed E-state index contributed by atoms with van der Waals surface area (Å²) in [5.74, 6) is 0.768. The molecule has 0 fully saturated rings. The number of aromatic nitrogens is 1. The predicted octanol–water partition coefficient (Wildman–Crippen LogP) is 2.99. The minimum Gasteiger partial charge on any atom is -0.492 e. The van der Waals surface area contributed by atoms with Gasteiger partial charge in [0.15, 0.2) is 4.21 Å². The van der Waals surface area contributed by atoms with E-state index in [2.05, 4.69) is 4.98 Å². The molecule has 0 atom stereocenters. The fourth-order valence-electron chi connectivity index (χ4n) is 1.77. The second-order valence-corrected chi connectivity index (χ2v) is 8.77. The molecule has 1 aromatic carbocycles. The molecule has 0 aliphatic rings. The fourth-order valence-corrected chi connectivity index (χ4v) is 4.23. The average Bonchev–Trinajstić information content (AvgIpc) is 2.81. The molecule has 5 nitrogen and oxygen atoms in total. The molecule has 2 rings (SSSR count). The van der Waals surface area contributed by atoms with Crippen molar-refractivity contribution in [1.29, 1.82) is 0 Å². The molecule has 120 valence electrons. The molecule has 2 aromatic rings. The van der Waals surface area contributed by atoms with Gasteiger partial charge in [-0.2, -0.15) is 0 Å². The molecule has 0 N–H and O–H groups in total. The lowest BCUT2D eigenvalue weighted by molar-refractivity contribution is 0.261. The summed E-state index contributed by atoms with van der Waals surface area (Å²) in [7, 11) is 5.61. The first kappa shape index (κ1) is 17.2. The zero-order valence-corrected chi connectivity index (χ0v) is 14.9. The molecule has 0 amide bonds. The molecule has 0 aliphatic heterocycles. The van der Waals surface area contributed by atoms with Crippen molar-refractivity contribution >= 4 is 31.1 Å². The van der Waals surface area contributed by atoms with E-state index in [9.17, 15) is 8.42 Å². The second kappa shape index (κ2) is 6.95. The normalized spacial score (nSPS) is 11.9. The van der Waals surface area contributed by atoms with E-state index in [-0.39, 0.29) is 4.21 Å². The Morgan fingerprint density at radius 2 is 1.91 bits per heavy atom. The van der Waals surface area contributed by atoms with E-state index >= 15 is 0 Å². The van der Waals surface area contributed by atoms with Crippen molar-refractivity contribution in [3.05, 3.63) is 30.0 Å². The van der Waals surface area contributed by atoms with E-state index in [0.717, 1.165) is 29.2 Å². The van der Waals surface area contributed by atoms with Crippen molar-refractivity contribution in [2.45, 2.75) is 11.1 Å². The summed E-state index contributed by atoms with van der Waals surface area (Å²) in [6, 6.07) is 7.40. The number of aryl methyl sites for hydroxylation is 1. The zero-order valence-electron chi connectivity index (χ0n) is 12.5. The Bertz CT molecular complexity index is 740. The Hall–Kier alpha value is -1.15. The molecule has 1 heterocycles. The van der Waals surface area contributed by atoms with Crippen LogP contribution in [0.15, 0.2) is 28.5 Å². The fraction of sp³-hybridized carbons (Fsp3) is 0.357. The molecule has 0 unspecified atom stereocenters. The number of nitrogens with zero attached hydrogens (tertiary/aromatic N) is 2.